The number of aryl methyl sites for hydroxylation is 2. The number of nitrogens with zero attached hydrogens (tertiary/aromatic N) is 4. The summed E-state index contributed by atoms with van der Waals surface area (Å²) in [6, 6.07) is 0. The topological polar surface area (TPSA) is 69.6 Å². The monoisotopic (exact) mass is 193 g/mol. The van der Waals surface area contributed by atoms with Crippen molar-refractivity contribution in [1.29, 1.82) is 0 Å². The van der Waals surface area contributed by atoms with Crippen LogP contribution in [-0.4, -0.2) is 19.9 Å². The summed E-state index contributed by atoms with van der Waals surface area (Å²) in [6.07, 6.45) is 1.67. The van der Waals surface area contributed by atoms with Gasteiger partial charge in [-0.2, -0.15) is 9.89 Å². The number of hydrogen-bond acceptors (Lipinski definition) is 4. The standard InChI is InChI=1S/C7H9N5.C2H6/c1-4-6-3-9-12(8)7(6)11-5(2)10-4;1-2/h3H,8H2,1-2H3;1-2H3. The minimum Gasteiger partial charge on any atom is -0.321 e. The molecule has 5 nitrogen and oxygen atoms in total. The summed E-state index contributed by atoms with van der Waals surface area (Å²) in [7, 11) is 0. The van der Waals surface area contributed by atoms with E-state index in [4.69, 9.17) is 5.84 Å². The van der Waals surface area contributed by atoms with Crippen LogP contribution in [0.25, 0.3) is 11.0 Å². The summed E-state index contributed by atoms with van der Waals surface area (Å²) in [6.45, 7) is 7.75. The summed E-state index contributed by atoms with van der Waals surface area (Å²) in [5.41, 5.74) is 1.59. The van der Waals surface area contributed by atoms with Crippen molar-refractivity contribution in [3.05, 3.63) is 17.7 Å². The number of hydrogen-bond donors (Lipinski definition) is 1. The van der Waals surface area contributed by atoms with Gasteiger partial charge in [0.05, 0.1) is 17.3 Å². The SMILES string of the molecule is CC.Cc1nc(C)c2cnn(N)c2n1. The Morgan fingerprint density at radius 1 is 1.21 bits per heavy atom. The van der Waals surface area contributed by atoms with Crippen molar-refractivity contribution in [2.45, 2.75) is 27.7 Å². The van der Waals surface area contributed by atoms with Crippen molar-refractivity contribution < 1.29 is 0 Å². The Labute approximate surface area is 82.9 Å². The average molecular weight is 193 g/mol. The van der Waals surface area contributed by atoms with Crippen LogP contribution in [0.15, 0.2) is 6.20 Å². The van der Waals surface area contributed by atoms with Crippen molar-refractivity contribution in [2.75, 3.05) is 5.84 Å². The molecule has 0 spiro atoms. The first kappa shape index (κ1) is 10.4. The highest BCUT2D eigenvalue weighted by atomic mass is 15.5. The zero-order valence-electron chi connectivity index (χ0n) is 8.94. The molecule has 0 aliphatic rings. The van der Waals surface area contributed by atoms with Gasteiger partial charge < -0.3 is 5.84 Å². The molecular formula is C9H15N5. The van der Waals surface area contributed by atoms with E-state index in [0.29, 0.717) is 11.5 Å². The fourth-order valence-corrected chi connectivity index (χ4v) is 1.20. The first-order valence-corrected chi connectivity index (χ1v) is 4.62. The van der Waals surface area contributed by atoms with Crippen molar-refractivity contribution in [1.82, 2.24) is 19.9 Å². The van der Waals surface area contributed by atoms with Crippen molar-refractivity contribution in [3.8, 4) is 0 Å². The molecule has 2 N–H and O–H groups in total. The highest BCUT2D eigenvalue weighted by Gasteiger charge is 2.05. The van der Waals surface area contributed by atoms with E-state index >= 15 is 0 Å². The minimum absolute atomic E-state index is 0.681. The van der Waals surface area contributed by atoms with Gasteiger partial charge in [-0.05, 0) is 13.8 Å². The largest absolute Gasteiger partial charge is 0.321 e. The van der Waals surface area contributed by atoms with E-state index < -0.39 is 0 Å². The Morgan fingerprint density at radius 3 is 2.50 bits per heavy atom. The van der Waals surface area contributed by atoms with Gasteiger partial charge in [0.2, 0.25) is 0 Å². The second-order valence-electron chi connectivity index (χ2n) is 2.68. The quantitative estimate of drug-likeness (QED) is 0.638. The number of fused-ring (bicyclic) bond motifs is 1. The number of nitrogen functional groups attached to an aromatic ring is 1. The Kier molecular flexibility index (Phi) is 3.01. The molecule has 2 aromatic rings. The third kappa shape index (κ3) is 1.66. The van der Waals surface area contributed by atoms with Crippen LogP contribution in [0, 0.1) is 13.8 Å². The van der Waals surface area contributed by atoms with E-state index in [1.165, 1.54) is 4.79 Å². The molecule has 2 aromatic heterocycles. The van der Waals surface area contributed by atoms with E-state index in [1.54, 1.807) is 6.20 Å². The molecule has 0 saturated heterocycles. The Hall–Kier alpha value is -1.65. The molecule has 2 heterocycles. The lowest BCUT2D eigenvalue weighted by molar-refractivity contribution is 0.844. The first-order chi connectivity index (χ1) is 6.68. The predicted molar refractivity (Wildman–Crippen MR) is 56.3 cm³/mol. The molecule has 0 amide bonds. The molecule has 0 fully saturated rings. The van der Waals surface area contributed by atoms with Crippen molar-refractivity contribution in [2.24, 2.45) is 0 Å². The molecule has 0 radical (unpaired) electrons. The van der Waals surface area contributed by atoms with E-state index in [-0.39, 0.29) is 0 Å². The number of rotatable bonds is 0. The summed E-state index contributed by atoms with van der Waals surface area (Å²) in [4.78, 5) is 9.62. The van der Waals surface area contributed by atoms with Gasteiger partial charge in [-0.1, -0.05) is 13.8 Å². The van der Waals surface area contributed by atoms with Crippen LogP contribution >= 0.6 is 0 Å². The van der Waals surface area contributed by atoms with Gasteiger partial charge in [0, 0.05) is 0 Å². The van der Waals surface area contributed by atoms with Crippen LogP contribution in [0.4, 0.5) is 0 Å². The fraction of sp³-hybridized carbons (Fsp3) is 0.444. The molecule has 2 rings (SSSR count). The normalized spacial score (nSPS) is 9.71. The van der Waals surface area contributed by atoms with Crippen molar-refractivity contribution >= 4 is 11.0 Å². The fourth-order valence-electron chi connectivity index (χ4n) is 1.20. The molecule has 0 unspecified atom stereocenters. The second-order valence-corrected chi connectivity index (χ2v) is 2.68. The van der Waals surface area contributed by atoms with Crippen molar-refractivity contribution in [3.63, 3.8) is 0 Å². The number of nitrogens with two attached hydrogens (primary N) is 1. The van der Waals surface area contributed by atoms with Crippen LogP contribution in [0.5, 0.6) is 0 Å². The molecular weight excluding hydrogens is 178 g/mol. The lowest BCUT2D eigenvalue weighted by Gasteiger charge is -1.97. The van der Waals surface area contributed by atoms with Gasteiger partial charge in [0.25, 0.3) is 0 Å². The highest BCUT2D eigenvalue weighted by molar-refractivity contribution is 5.76. The van der Waals surface area contributed by atoms with E-state index in [1.807, 2.05) is 27.7 Å². The molecule has 76 valence electrons. The molecule has 14 heavy (non-hydrogen) atoms. The van der Waals surface area contributed by atoms with Gasteiger partial charge >= 0.3 is 0 Å². The Balaban J connectivity index is 0.000000461. The molecule has 0 atom stereocenters. The summed E-state index contributed by atoms with van der Waals surface area (Å²) in [5.74, 6) is 6.24. The summed E-state index contributed by atoms with van der Waals surface area (Å²) < 4.78 is 0. The van der Waals surface area contributed by atoms with E-state index in [9.17, 15) is 0 Å². The summed E-state index contributed by atoms with van der Waals surface area (Å²) in [5, 5.41) is 4.80. The lowest BCUT2D eigenvalue weighted by atomic mass is 10.3. The van der Waals surface area contributed by atoms with Crippen LogP contribution in [0.1, 0.15) is 25.4 Å². The van der Waals surface area contributed by atoms with E-state index in [2.05, 4.69) is 15.1 Å². The first-order valence-electron chi connectivity index (χ1n) is 4.62. The van der Waals surface area contributed by atoms with Crippen LogP contribution in [0.2, 0.25) is 0 Å². The molecule has 0 aromatic carbocycles. The number of aromatic nitrogens is 4. The zero-order chi connectivity index (χ0) is 10.7. The van der Waals surface area contributed by atoms with Crippen LogP contribution < -0.4 is 5.84 Å². The maximum atomic E-state index is 5.53. The second kappa shape index (κ2) is 4.04. The Morgan fingerprint density at radius 2 is 1.86 bits per heavy atom. The van der Waals surface area contributed by atoms with Gasteiger partial charge in [0.15, 0.2) is 5.65 Å². The Bertz CT molecular complexity index is 432. The van der Waals surface area contributed by atoms with Gasteiger partial charge in [-0.25, -0.2) is 9.97 Å². The smallest absolute Gasteiger partial charge is 0.183 e. The maximum Gasteiger partial charge on any atom is 0.183 e. The van der Waals surface area contributed by atoms with E-state index in [0.717, 1.165) is 11.1 Å². The zero-order valence-corrected chi connectivity index (χ0v) is 8.94. The van der Waals surface area contributed by atoms with Gasteiger partial charge in [0.1, 0.15) is 5.82 Å². The van der Waals surface area contributed by atoms with Crippen LogP contribution in [-0.2, 0) is 0 Å². The highest BCUT2D eigenvalue weighted by Crippen LogP contribution is 2.11. The predicted octanol–water partition coefficient (Wildman–Crippen LogP) is 1.18. The third-order valence-corrected chi connectivity index (χ3v) is 1.76. The summed E-state index contributed by atoms with van der Waals surface area (Å²) >= 11 is 0. The average Bonchev–Trinajstić information content (AvgIpc) is 2.52. The molecule has 5 heteroatoms. The molecule has 0 bridgehead atoms. The van der Waals surface area contributed by atoms with Crippen LogP contribution in [0.3, 0.4) is 0 Å². The van der Waals surface area contributed by atoms with Gasteiger partial charge in [-0.3, -0.25) is 0 Å². The van der Waals surface area contributed by atoms with Gasteiger partial charge in [-0.15, -0.1) is 0 Å². The molecule has 0 aliphatic carbocycles. The minimum atomic E-state index is 0.681. The molecule has 0 saturated carbocycles. The molecule has 0 aliphatic heterocycles. The third-order valence-electron chi connectivity index (χ3n) is 1.76. The maximum absolute atomic E-state index is 5.53. The lowest BCUT2D eigenvalue weighted by Crippen LogP contribution is -2.10.